The molecule has 0 aliphatic carbocycles. The third-order valence-corrected chi connectivity index (χ3v) is 0.898. The molecule has 0 aromatic rings. The van der Waals surface area contributed by atoms with Gasteiger partial charge in [0.2, 0.25) is 0 Å². The van der Waals surface area contributed by atoms with E-state index in [2.05, 4.69) is 22.0 Å². The summed E-state index contributed by atoms with van der Waals surface area (Å²) in [5.74, 6) is 0. The van der Waals surface area contributed by atoms with Crippen LogP contribution in [0.3, 0.4) is 0 Å². The maximum atomic E-state index is 3.76. The largest absolute Gasteiger partial charge is 0.159 e. The summed E-state index contributed by atoms with van der Waals surface area (Å²) in [7, 11) is 0. The third kappa shape index (κ3) is 0.992. The molecule has 42 valence electrons. The predicted octanol–water partition coefficient (Wildman–Crippen LogP) is 1.38. The van der Waals surface area contributed by atoms with E-state index >= 15 is 0 Å². The number of nitrogens with zero attached hydrogens (tertiary/aromatic N) is 3. The van der Waals surface area contributed by atoms with Crippen LogP contribution < -0.4 is 0 Å². The zero-order valence-corrected chi connectivity index (χ0v) is 4.49. The normalized spacial score (nSPS) is 24.2. The lowest BCUT2D eigenvalue weighted by Crippen LogP contribution is -1.98. The Bertz CT molecular complexity index is 125. The molecule has 0 N–H and O–H groups in total. The van der Waals surface area contributed by atoms with Gasteiger partial charge in [-0.3, -0.25) is 0 Å². The fourth-order valence-corrected chi connectivity index (χ4v) is 0.511. The number of rotatable bonds is 2. The lowest BCUT2D eigenvalue weighted by atomic mass is 10.2. The van der Waals surface area contributed by atoms with Crippen LogP contribution in [-0.4, -0.2) is 12.3 Å². The van der Waals surface area contributed by atoms with E-state index in [0.29, 0.717) is 0 Å². The standard InChI is InChI=1S/C5H7N3/c1-2-3-5-4-6-8-7-5/h2,4-5H,1,3H2. The highest BCUT2D eigenvalue weighted by Gasteiger charge is 2.02. The molecule has 0 radical (unpaired) electrons. The van der Waals surface area contributed by atoms with E-state index in [1.165, 1.54) is 0 Å². The summed E-state index contributed by atoms with van der Waals surface area (Å²) in [5.41, 5.74) is 0. The zero-order chi connectivity index (χ0) is 5.82. The lowest BCUT2D eigenvalue weighted by Gasteiger charge is -1.90. The van der Waals surface area contributed by atoms with Gasteiger partial charge < -0.3 is 0 Å². The molecule has 0 bridgehead atoms. The highest BCUT2D eigenvalue weighted by Crippen LogP contribution is 2.01. The summed E-state index contributed by atoms with van der Waals surface area (Å²) >= 11 is 0. The molecule has 1 rings (SSSR count). The Balaban J connectivity index is 2.37. The molecule has 0 saturated heterocycles. The van der Waals surface area contributed by atoms with Gasteiger partial charge in [0.05, 0.1) is 6.21 Å². The molecule has 8 heavy (non-hydrogen) atoms. The minimum atomic E-state index is 0.160. The molecule has 0 aromatic carbocycles. The Labute approximate surface area is 47.8 Å². The van der Waals surface area contributed by atoms with E-state index in [0.717, 1.165) is 6.42 Å². The molecule has 3 nitrogen and oxygen atoms in total. The topological polar surface area (TPSA) is 37.1 Å². The molecular formula is C5H7N3. The molecule has 0 fully saturated rings. The van der Waals surface area contributed by atoms with Gasteiger partial charge in [-0.05, 0) is 11.6 Å². The van der Waals surface area contributed by atoms with E-state index in [1.807, 2.05) is 0 Å². The quantitative estimate of drug-likeness (QED) is 0.480. The van der Waals surface area contributed by atoms with Gasteiger partial charge in [-0.15, -0.1) is 11.7 Å². The fraction of sp³-hybridized carbons (Fsp3) is 0.400. The summed E-state index contributed by atoms with van der Waals surface area (Å²) in [6.07, 6.45) is 4.36. The highest BCUT2D eigenvalue weighted by molar-refractivity contribution is 5.65. The SMILES string of the molecule is C=CCC1C=NN=N1. The Morgan fingerprint density at radius 1 is 1.75 bits per heavy atom. The molecule has 1 aliphatic heterocycles. The van der Waals surface area contributed by atoms with Crippen LogP contribution in [0, 0.1) is 0 Å². The molecular weight excluding hydrogens is 102 g/mol. The maximum absolute atomic E-state index is 3.76. The lowest BCUT2D eigenvalue weighted by molar-refractivity contribution is 0.849. The van der Waals surface area contributed by atoms with Gasteiger partial charge in [-0.1, -0.05) is 6.08 Å². The van der Waals surface area contributed by atoms with Crippen molar-refractivity contribution >= 4 is 6.21 Å². The van der Waals surface area contributed by atoms with Crippen LogP contribution in [0.2, 0.25) is 0 Å². The molecule has 1 unspecified atom stereocenters. The Kier molecular flexibility index (Phi) is 1.51. The minimum Gasteiger partial charge on any atom is -0.159 e. The first-order valence-electron chi connectivity index (χ1n) is 2.47. The van der Waals surface area contributed by atoms with E-state index < -0.39 is 0 Å². The van der Waals surface area contributed by atoms with Crippen LogP contribution in [0.25, 0.3) is 0 Å². The van der Waals surface area contributed by atoms with Crippen LogP contribution in [0.1, 0.15) is 6.42 Å². The van der Waals surface area contributed by atoms with Crippen LogP contribution >= 0.6 is 0 Å². The Morgan fingerprint density at radius 3 is 3.12 bits per heavy atom. The molecule has 0 aromatic heterocycles. The van der Waals surface area contributed by atoms with E-state index in [4.69, 9.17) is 0 Å². The Morgan fingerprint density at radius 2 is 2.62 bits per heavy atom. The molecule has 1 aliphatic rings. The Hall–Kier alpha value is -0.990. The molecule has 1 atom stereocenters. The summed E-state index contributed by atoms with van der Waals surface area (Å²) < 4.78 is 0. The van der Waals surface area contributed by atoms with Crippen molar-refractivity contribution in [1.29, 1.82) is 0 Å². The summed E-state index contributed by atoms with van der Waals surface area (Å²) in [5, 5.41) is 10.8. The van der Waals surface area contributed by atoms with Crippen LogP contribution in [0.5, 0.6) is 0 Å². The molecule has 0 saturated carbocycles. The van der Waals surface area contributed by atoms with Gasteiger partial charge >= 0.3 is 0 Å². The van der Waals surface area contributed by atoms with E-state index in [-0.39, 0.29) is 6.04 Å². The van der Waals surface area contributed by atoms with Gasteiger partial charge in [-0.2, -0.15) is 5.11 Å². The predicted molar refractivity (Wildman–Crippen MR) is 31.9 cm³/mol. The van der Waals surface area contributed by atoms with Crippen LogP contribution in [-0.2, 0) is 0 Å². The van der Waals surface area contributed by atoms with Crippen molar-refractivity contribution in [3.05, 3.63) is 12.7 Å². The van der Waals surface area contributed by atoms with Gasteiger partial charge in [-0.25, -0.2) is 0 Å². The highest BCUT2D eigenvalue weighted by atomic mass is 15.4. The average Bonchev–Trinajstić information content (AvgIpc) is 2.19. The van der Waals surface area contributed by atoms with Crippen molar-refractivity contribution in [2.75, 3.05) is 0 Å². The molecule has 0 spiro atoms. The van der Waals surface area contributed by atoms with Crippen molar-refractivity contribution < 1.29 is 0 Å². The van der Waals surface area contributed by atoms with Gasteiger partial charge in [0.1, 0.15) is 6.04 Å². The van der Waals surface area contributed by atoms with Crippen molar-refractivity contribution in [2.24, 2.45) is 15.4 Å². The first kappa shape index (κ1) is 5.15. The minimum absolute atomic E-state index is 0.160. The summed E-state index contributed by atoms with van der Waals surface area (Å²) in [6, 6.07) is 0.160. The summed E-state index contributed by atoms with van der Waals surface area (Å²) in [6.45, 7) is 3.56. The average molecular weight is 109 g/mol. The van der Waals surface area contributed by atoms with Crippen LogP contribution in [0.4, 0.5) is 0 Å². The third-order valence-electron chi connectivity index (χ3n) is 0.898. The number of hydrogen-bond donors (Lipinski definition) is 0. The van der Waals surface area contributed by atoms with Gasteiger partial charge in [0.15, 0.2) is 0 Å². The van der Waals surface area contributed by atoms with Crippen molar-refractivity contribution in [2.45, 2.75) is 12.5 Å². The zero-order valence-electron chi connectivity index (χ0n) is 4.49. The molecule has 1 heterocycles. The second-order valence-electron chi connectivity index (χ2n) is 1.56. The first-order chi connectivity index (χ1) is 3.93. The molecule has 3 heteroatoms. The van der Waals surface area contributed by atoms with E-state index in [1.54, 1.807) is 12.3 Å². The fourth-order valence-electron chi connectivity index (χ4n) is 0.511. The monoisotopic (exact) mass is 109 g/mol. The summed E-state index contributed by atoms with van der Waals surface area (Å²) in [4.78, 5) is 0. The first-order valence-corrected chi connectivity index (χ1v) is 2.47. The number of hydrogen-bond acceptors (Lipinski definition) is 3. The second-order valence-corrected chi connectivity index (χ2v) is 1.56. The van der Waals surface area contributed by atoms with Gasteiger partial charge in [0.25, 0.3) is 0 Å². The second kappa shape index (κ2) is 2.35. The van der Waals surface area contributed by atoms with Crippen molar-refractivity contribution in [1.82, 2.24) is 0 Å². The van der Waals surface area contributed by atoms with Crippen molar-refractivity contribution in [3.8, 4) is 0 Å². The van der Waals surface area contributed by atoms with Crippen molar-refractivity contribution in [3.63, 3.8) is 0 Å². The van der Waals surface area contributed by atoms with Gasteiger partial charge in [0, 0.05) is 0 Å². The smallest absolute Gasteiger partial charge is 0.113 e. The van der Waals surface area contributed by atoms with E-state index in [9.17, 15) is 0 Å². The van der Waals surface area contributed by atoms with Crippen LogP contribution in [0.15, 0.2) is 28.1 Å². The molecule has 0 amide bonds. The maximum Gasteiger partial charge on any atom is 0.113 e.